The Hall–Kier alpha value is -0.200. The Morgan fingerprint density at radius 1 is 0.846 bits per heavy atom. The first-order valence-corrected chi connectivity index (χ1v) is 4.36. The maximum atomic E-state index is 8.09. The zero-order valence-corrected chi connectivity index (χ0v) is 7.78. The highest BCUT2D eigenvalue weighted by atomic mass is 16.6. The van der Waals surface area contributed by atoms with E-state index in [9.17, 15) is 0 Å². The summed E-state index contributed by atoms with van der Waals surface area (Å²) < 4.78 is 14.5. The van der Waals surface area contributed by atoms with Gasteiger partial charge in [0.15, 0.2) is 0 Å². The second kappa shape index (κ2) is 11.8. The molecule has 1 aliphatic heterocycles. The van der Waals surface area contributed by atoms with Gasteiger partial charge in [-0.05, 0) is 0 Å². The lowest BCUT2D eigenvalue weighted by Crippen LogP contribution is -2.16. The molecule has 2 N–H and O–H groups in total. The normalized spacial score (nSPS) is 16.2. The van der Waals surface area contributed by atoms with Crippen LogP contribution in [-0.2, 0) is 14.2 Å². The third-order valence-corrected chi connectivity index (χ3v) is 1.22. The number of rotatable bonds is 4. The topological polar surface area (TPSA) is 68.2 Å². The van der Waals surface area contributed by atoms with Gasteiger partial charge in [0, 0.05) is 0 Å². The molecule has 1 aliphatic rings. The van der Waals surface area contributed by atoms with Crippen LogP contribution in [0.5, 0.6) is 0 Å². The molecule has 0 unspecified atom stereocenters. The van der Waals surface area contributed by atoms with Gasteiger partial charge in [-0.25, -0.2) is 0 Å². The minimum Gasteiger partial charge on any atom is -0.394 e. The summed E-state index contributed by atoms with van der Waals surface area (Å²) in [5.41, 5.74) is 0. The quantitative estimate of drug-likeness (QED) is 0.563. The molecular formula is C8H18O5. The molecule has 0 aliphatic carbocycles. The Bertz CT molecular complexity index is 69.1. The summed E-state index contributed by atoms with van der Waals surface area (Å²) in [6, 6.07) is 0. The SMILES string of the molecule is C1COCCO1.OCCOCCO. The fourth-order valence-corrected chi connectivity index (χ4v) is 0.671. The number of hydrogen-bond acceptors (Lipinski definition) is 5. The van der Waals surface area contributed by atoms with Gasteiger partial charge in [0.05, 0.1) is 52.9 Å². The van der Waals surface area contributed by atoms with Crippen LogP contribution < -0.4 is 0 Å². The van der Waals surface area contributed by atoms with E-state index in [0.29, 0.717) is 13.2 Å². The minimum absolute atomic E-state index is 0.0278. The van der Waals surface area contributed by atoms with Gasteiger partial charge in [-0.2, -0.15) is 0 Å². The van der Waals surface area contributed by atoms with E-state index in [1.807, 2.05) is 0 Å². The number of aliphatic hydroxyl groups excluding tert-OH is 2. The molecule has 0 radical (unpaired) electrons. The summed E-state index contributed by atoms with van der Waals surface area (Å²) in [6.07, 6.45) is 0. The highest BCUT2D eigenvalue weighted by Crippen LogP contribution is 1.85. The zero-order chi connectivity index (χ0) is 9.78. The highest BCUT2D eigenvalue weighted by Gasteiger charge is 1.94. The van der Waals surface area contributed by atoms with E-state index in [0.717, 1.165) is 26.4 Å². The Labute approximate surface area is 78.2 Å². The van der Waals surface area contributed by atoms with E-state index in [-0.39, 0.29) is 13.2 Å². The molecule has 80 valence electrons. The number of hydrogen-bond donors (Lipinski definition) is 2. The molecule has 0 bridgehead atoms. The van der Waals surface area contributed by atoms with Crippen LogP contribution in [0.2, 0.25) is 0 Å². The summed E-state index contributed by atoms with van der Waals surface area (Å²) in [5, 5.41) is 16.2. The molecule has 0 aromatic rings. The standard InChI is InChI=1S/C4H10O3.C4H8O2/c5-1-3-7-4-2-6;1-2-6-4-3-5-1/h5-6H,1-4H2;1-4H2. The molecule has 5 nitrogen and oxygen atoms in total. The lowest BCUT2D eigenvalue weighted by Gasteiger charge is -2.09. The third kappa shape index (κ3) is 11.8. The van der Waals surface area contributed by atoms with Gasteiger partial charge in [-0.3, -0.25) is 0 Å². The molecule has 0 spiro atoms. The minimum atomic E-state index is 0.0278. The van der Waals surface area contributed by atoms with Crippen molar-refractivity contribution in [1.82, 2.24) is 0 Å². The second-order valence-corrected chi connectivity index (χ2v) is 2.28. The van der Waals surface area contributed by atoms with Crippen LogP contribution in [0.15, 0.2) is 0 Å². The molecule has 0 atom stereocenters. The van der Waals surface area contributed by atoms with Crippen LogP contribution in [0.4, 0.5) is 0 Å². The van der Waals surface area contributed by atoms with Crippen molar-refractivity contribution in [1.29, 1.82) is 0 Å². The van der Waals surface area contributed by atoms with E-state index >= 15 is 0 Å². The fourth-order valence-electron chi connectivity index (χ4n) is 0.671. The van der Waals surface area contributed by atoms with Crippen LogP contribution in [0.25, 0.3) is 0 Å². The van der Waals surface area contributed by atoms with Crippen molar-refractivity contribution < 1.29 is 24.4 Å². The molecular weight excluding hydrogens is 176 g/mol. The molecule has 0 amide bonds. The number of ether oxygens (including phenoxy) is 3. The summed E-state index contributed by atoms with van der Waals surface area (Å²) in [6.45, 7) is 3.81. The molecule has 1 fully saturated rings. The van der Waals surface area contributed by atoms with Crippen LogP contribution in [0, 0.1) is 0 Å². The first-order chi connectivity index (χ1) is 6.41. The molecule has 1 saturated heterocycles. The van der Waals surface area contributed by atoms with Gasteiger partial charge in [0.2, 0.25) is 0 Å². The smallest absolute Gasteiger partial charge is 0.0701 e. The van der Waals surface area contributed by atoms with Gasteiger partial charge < -0.3 is 24.4 Å². The lowest BCUT2D eigenvalue weighted by molar-refractivity contribution is -0.0334. The van der Waals surface area contributed by atoms with Crippen molar-refractivity contribution in [3.63, 3.8) is 0 Å². The predicted octanol–water partition coefficient (Wildman–Crippen LogP) is -0.979. The molecule has 5 heteroatoms. The Morgan fingerprint density at radius 3 is 1.46 bits per heavy atom. The van der Waals surface area contributed by atoms with Crippen molar-refractivity contribution in [3.05, 3.63) is 0 Å². The Balaban J connectivity index is 0.000000223. The van der Waals surface area contributed by atoms with Crippen molar-refractivity contribution in [2.45, 2.75) is 0 Å². The lowest BCUT2D eigenvalue weighted by atomic mass is 10.6. The molecule has 1 rings (SSSR count). The first kappa shape index (κ1) is 12.8. The zero-order valence-electron chi connectivity index (χ0n) is 7.78. The van der Waals surface area contributed by atoms with Crippen molar-refractivity contribution >= 4 is 0 Å². The van der Waals surface area contributed by atoms with Crippen molar-refractivity contribution in [3.8, 4) is 0 Å². The van der Waals surface area contributed by atoms with Crippen LogP contribution in [-0.4, -0.2) is 63.1 Å². The first-order valence-electron chi connectivity index (χ1n) is 4.36. The van der Waals surface area contributed by atoms with Gasteiger partial charge in [0.25, 0.3) is 0 Å². The maximum absolute atomic E-state index is 8.09. The fraction of sp³-hybridized carbons (Fsp3) is 1.00. The van der Waals surface area contributed by atoms with Crippen LogP contribution in [0.1, 0.15) is 0 Å². The largest absolute Gasteiger partial charge is 0.394 e. The van der Waals surface area contributed by atoms with Crippen LogP contribution >= 0.6 is 0 Å². The molecule has 13 heavy (non-hydrogen) atoms. The summed E-state index contributed by atoms with van der Waals surface area (Å²) in [4.78, 5) is 0. The monoisotopic (exact) mass is 194 g/mol. The van der Waals surface area contributed by atoms with E-state index in [2.05, 4.69) is 4.74 Å². The Kier molecular flexibility index (Phi) is 11.6. The van der Waals surface area contributed by atoms with E-state index < -0.39 is 0 Å². The van der Waals surface area contributed by atoms with Crippen LogP contribution in [0.3, 0.4) is 0 Å². The van der Waals surface area contributed by atoms with E-state index in [4.69, 9.17) is 19.7 Å². The van der Waals surface area contributed by atoms with Crippen molar-refractivity contribution in [2.75, 3.05) is 52.9 Å². The number of aliphatic hydroxyl groups is 2. The second-order valence-electron chi connectivity index (χ2n) is 2.28. The van der Waals surface area contributed by atoms with Gasteiger partial charge in [0.1, 0.15) is 0 Å². The highest BCUT2D eigenvalue weighted by molar-refractivity contribution is 4.37. The third-order valence-electron chi connectivity index (χ3n) is 1.22. The molecule has 1 heterocycles. The molecule has 0 aromatic heterocycles. The van der Waals surface area contributed by atoms with E-state index in [1.54, 1.807) is 0 Å². The van der Waals surface area contributed by atoms with Gasteiger partial charge in [-0.15, -0.1) is 0 Å². The predicted molar refractivity (Wildman–Crippen MR) is 46.6 cm³/mol. The van der Waals surface area contributed by atoms with Gasteiger partial charge >= 0.3 is 0 Å². The summed E-state index contributed by atoms with van der Waals surface area (Å²) in [7, 11) is 0. The summed E-state index contributed by atoms with van der Waals surface area (Å²) >= 11 is 0. The van der Waals surface area contributed by atoms with Crippen molar-refractivity contribution in [2.24, 2.45) is 0 Å². The molecule has 0 aromatic carbocycles. The van der Waals surface area contributed by atoms with Gasteiger partial charge in [-0.1, -0.05) is 0 Å². The maximum Gasteiger partial charge on any atom is 0.0701 e. The Morgan fingerprint density at radius 2 is 1.23 bits per heavy atom. The average Bonchev–Trinajstić information content (AvgIpc) is 2.22. The average molecular weight is 194 g/mol. The van der Waals surface area contributed by atoms with E-state index in [1.165, 1.54) is 0 Å². The summed E-state index contributed by atoms with van der Waals surface area (Å²) in [5.74, 6) is 0. The molecule has 0 saturated carbocycles.